The van der Waals surface area contributed by atoms with Gasteiger partial charge in [0.2, 0.25) is 11.8 Å². The van der Waals surface area contributed by atoms with Gasteiger partial charge in [-0.05, 0) is 48.6 Å². The van der Waals surface area contributed by atoms with E-state index in [4.69, 9.17) is 9.84 Å². The monoisotopic (exact) mass is 447 g/mol. The van der Waals surface area contributed by atoms with Crippen molar-refractivity contribution in [3.05, 3.63) is 59.8 Å². The lowest BCUT2D eigenvalue weighted by Crippen LogP contribution is -2.19. The van der Waals surface area contributed by atoms with Gasteiger partial charge in [-0.1, -0.05) is 63.9 Å². The Morgan fingerprint density at radius 3 is 2.21 bits per heavy atom. The molecule has 1 aromatic heterocycles. The van der Waals surface area contributed by atoms with Crippen molar-refractivity contribution in [2.75, 3.05) is 5.32 Å². The molecule has 0 unspecified atom stereocenters. The van der Waals surface area contributed by atoms with E-state index in [1.165, 1.54) is 6.92 Å². The van der Waals surface area contributed by atoms with E-state index < -0.39 is 5.97 Å². The van der Waals surface area contributed by atoms with Gasteiger partial charge in [-0.15, -0.1) is 0 Å². The minimum absolute atomic E-state index is 0.0188. The Balaban J connectivity index is 2.02. The number of esters is 1. The maximum Gasteiger partial charge on any atom is 0.309 e. The zero-order chi connectivity index (χ0) is 24.2. The molecule has 1 amide bonds. The van der Waals surface area contributed by atoms with E-state index in [9.17, 15) is 9.59 Å². The smallest absolute Gasteiger partial charge is 0.309 e. The van der Waals surface area contributed by atoms with Gasteiger partial charge >= 0.3 is 5.97 Å². The van der Waals surface area contributed by atoms with Gasteiger partial charge in [0.25, 0.3) is 0 Å². The van der Waals surface area contributed by atoms with Crippen molar-refractivity contribution in [1.29, 1.82) is 0 Å². The predicted octanol–water partition coefficient (Wildman–Crippen LogP) is 6.10. The first-order valence-corrected chi connectivity index (χ1v) is 11.3. The molecule has 3 aromatic rings. The summed E-state index contributed by atoms with van der Waals surface area (Å²) in [5.74, 6) is -0.0207. The highest BCUT2D eigenvalue weighted by atomic mass is 16.5. The molecule has 174 valence electrons. The molecular weight excluding hydrogens is 414 g/mol. The fourth-order valence-corrected chi connectivity index (χ4v) is 3.65. The molecule has 1 heterocycles. The normalized spacial score (nSPS) is 11.3. The van der Waals surface area contributed by atoms with Crippen LogP contribution in [0.1, 0.15) is 58.7 Å². The third kappa shape index (κ3) is 6.31. The second kappa shape index (κ2) is 10.0. The summed E-state index contributed by atoms with van der Waals surface area (Å²) in [6.45, 7) is 11.6. The second-order valence-electron chi connectivity index (χ2n) is 9.58. The third-order valence-electron chi connectivity index (χ3n) is 5.07. The number of nitrogens with one attached hydrogen (secondary N) is 1. The minimum atomic E-state index is -0.404. The van der Waals surface area contributed by atoms with Gasteiger partial charge < -0.3 is 10.1 Å². The van der Waals surface area contributed by atoms with E-state index in [1.807, 2.05) is 76.2 Å². The molecule has 2 aromatic carbocycles. The van der Waals surface area contributed by atoms with Crippen LogP contribution in [0.3, 0.4) is 0 Å². The zero-order valence-electron chi connectivity index (χ0n) is 20.4. The number of carbonyl (C=O) groups excluding carboxylic acids is 2. The average molecular weight is 448 g/mol. The number of hydrogen-bond acceptors (Lipinski definition) is 4. The first kappa shape index (κ1) is 24.2. The van der Waals surface area contributed by atoms with Crippen molar-refractivity contribution >= 4 is 17.6 Å². The number of amides is 1. The van der Waals surface area contributed by atoms with E-state index in [0.717, 1.165) is 46.6 Å². The van der Waals surface area contributed by atoms with Gasteiger partial charge in [0.15, 0.2) is 0 Å². The number of nitrogens with zero attached hydrogens (tertiary/aromatic N) is 2. The predicted molar refractivity (Wildman–Crippen MR) is 132 cm³/mol. The fraction of sp³-hybridized carbons (Fsp3) is 0.370. The first-order valence-electron chi connectivity index (χ1n) is 11.3. The first-order chi connectivity index (χ1) is 15.6. The van der Waals surface area contributed by atoms with Crippen LogP contribution < -0.4 is 10.1 Å². The van der Waals surface area contributed by atoms with Gasteiger partial charge in [-0.2, -0.15) is 9.78 Å². The van der Waals surface area contributed by atoms with Crippen molar-refractivity contribution in [3.63, 3.8) is 0 Å². The lowest BCUT2D eigenvalue weighted by Gasteiger charge is -2.17. The summed E-state index contributed by atoms with van der Waals surface area (Å²) in [7, 11) is 0. The Bertz CT molecular complexity index is 1120. The van der Waals surface area contributed by atoms with Crippen LogP contribution in [0.5, 0.6) is 5.88 Å². The summed E-state index contributed by atoms with van der Waals surface area (Å²) >= 11 is 0. The van der Waals surface area contributed by atoms with Gasteiger partial charge in [-0.3, -0.25) is 9.59 Å². The summed E-state index contributed by atoms with van der Waals surface area (Å²) in [4.78, 5) is 24.3. The van der Waals surface area contributed by atoms with Gasteiger partial charge in [0, 0.05) is 19.0 Å². The largest absolute Gasteiger partial charge is 0.407 e. The van der Waals surface area contributed by atoms with E-state index in [0.29, 0.717) is 12.3 Å². The van der Waals surface area contributed by atoms with Crippen LogP contribution in [0.15, 0.2) is 48.5 Å². The number of rotatable bonds is 7. The molecule has 1 N–H and O–H groups in total. The number of hydrogen-bond donors (Lipinski definition) is 1. The van der Waals surface area contributed by atoms with Crippen LogP contribution >= 0.6 is 0 Å². The molecule has 3 rings (SSSR count). The maximum absolute atomic E-state index is 12.3. The zero-order valence-corrected chi connectivity index (χ0v) is 20.4. The van der Waals surface area contributed by atoms with E-state index >= 15 is 0 Å². The number of ether oxygens (including phenoxy) is 1. The second-order valence-corrected chi connectivity index (χ2v) is 9.58. The van der Waals surface area contributed by atoms with Crippen LogP contribution in [-0.2, 0) is 16.0 Å². The molecule has 6 heteroatoms. The van der Waals surface area contributed by atoms with Crippen molar-refractivity contribution in [2.24, 2.45) is 5.41 Å². The van der Waals surface area contributed by atoms with Crippen LogP contribution in [0, 0.1) is 12.3 Å². The number of anilines is 1. The highest BCUT2D eigenvalue weighted by molar-refractivity contribution is 5.91. The molecule has 0 spiro atoms. The van der Waals surface area contributed by atoms with E-state index in [-0.39, 0.29) is 11.3 Å². The molecule has 0 aliphatic rings. The maximum atomic E-state index is 12.3. The number of carbonyl (C=O) groups is 2. The van der Waals surface area contributed by atoms with Gasteiger partial charge in [-0.25, -0.2) is 0 Å². The molecule has 0 saturated heterocycles. The Morgan fingerprint density at radius 2 is 1.67 bits per heavy atom. The summed E-state index contributed by atoms with van der Waals surface area (Å²) in [5.41, 5.74) is 5.14. The molecule has 0 fully saturated rings. The van der Waals surface area contributed by atoms with Crippen LogP contribution in [0.25, 0.3) is 16.8 Å². The molecule has 0 aliphatic heterocycles. The van der Waals surface area contributed by atoms with E-state index in [2.05, 4.69) is 12.2 Å². The standard InChI is InChI=1S/C27H33N3O3/c1-7-8-23-25(20-11-13-21(14-12-20)28-24(32)17-27(4,5)6)26(33-19(3)31)30(29-23)22-15-9-18(2)10-16-22/h9-16H,7-8,17H2,1-6H3,(H,28,32). The summed E-state index contributed by atoms with van der Waals surface area (Å²) in [5, 5.41) is 7.76. The van der Waals surface area contributed by atoms with Crippen molar-refractivity contribution in [1.82, 2.24) is 9.78 Å². The molecule has 0 radical (unpaired) electrons. The summed E-state index contributed by atoms with van der Waals surface area (Å²) in [6.07, 6.45) is 2.08. The molecule has 6 nitrogen and oxygen atoms in total. The minimum Gasteiger partial charge on any atom is -0.407 e. The highest BCUT2D eigenvalue weighted by Crippen LogP contribution is 2.37. The van der Waals surface area contributed by atoms with Gasteiger partial charge in [0.05, 0.1) is 16.9 Å². The number of aryl methyl sites for hydroxylation is 2. The van der Waals surface area contributed by atoms with Crippen LogP contribution in [0.2, 0.25) is 0 Å². The Kier molecular flexibility index (Phi) is 7.36. The molecule has 0 saturated carbocycles. The molecule has 0 atom stereocenters. The van der Waals surface area contributed by atoms with Crippen LogP contribution in [0.4, 0.5) is 5.69 Å². The molecular formula is C27H33N3O3. The molecule has 0 bridgehead atoms. The highest BCUT2D eigenvalue weighted by Gasteiger charge is 2.23. The van der Waals surface area contributed by atoms with Crippen LogP contribution in [-0.4, -0.2) is 21.7 Å². The average Bonchev–Trinajstić information content (AvgIpc) is 3.05. The summed E-state index contributed by atoms with van der Waals surface area (Å²) < 4.78 is 7.38. The Morgan fingerprint density at radius 1 is 1.03 bits per heavy atom. The van der Waals surface area contributed by atoms with Gasteiger partial charge in [0.1, 0.15) is 0 Å². The number of aromatic nitrogens is 2. The quantitative estimate of drug-likeness (QED) is 0.444. The third-order valence-corrected chi connectivity index (χ3v) is 5.07. The lowest BCUT2D eigenvalue weighted by atomic mass is 9.92. The molecule has 33 heavy (non-hydrogen) atoms. The number of benzene rings is 2. The van der Waals surface area contributed by atoms with E-state index in [1.54, 1.807) is 4.68 Å². The summed E-state index contributed by atoms with van der Waals surface area (Å²) in [6, 6.07) is 15.5. The SMILES string of the molecule is CCCc1nn(-c2ccc(C)cc2)c(OC(C)=O)c1-c1ccc(NC(=O)CC(C)(C)C)cc1. The molecule has 0 aliphatic carbocycles. The topological polar surface area (TPSA) is 73.2 Å². The van der Waals surface area contributed by atoms with Crippen molar-refractivity contribution in [2.45, 2.75) is 60.8 Å². The van der Waals surface area contributed by atoms with Crippen molar-refractivity contribution < 1.29 is 14.3 Å². The fourth-order valence-electron chi connectivity index (χ4n) is 3.65. The van der Waals surface area contributed by atoms with Crippen molar-refractivity contribution in [3.8, 4) is 22.7 Å². The lowest BCUT2D eigenvalue weighted by molar-refractivity contribution is -0.132. The Hall–Kier alpha value is -3.41. The Labute approximate surface area is 196 Å².